The molecule has 19 heavy (non-hydrogen) atoms. The summed E-state index contributed by atoms with van der Waals surface area (Å²) >= 11 is 0. The van der Waals surface area contributed by atoms with Gasteiger partial charge in [-0.3, -0.25) is 9.59 Å². The minimum Gasteiger partial charge on any atom is -0.274 e. The first kappa shape index (κ1) is 12.0. The van der Waals surface area contributed by atoms with Crippen LogP contribution in [0.2, 0.25) is 0 Å². The normalized spacial score (nSPS) is 25.9. The molecule has 2 amide bonds. The molecule has 98 valence electrons. The average molecular weight is 257 g/mol. The van der Waals surface area contributed by atoms with Crippen molar-refractivity contribution >= 4 is 17.5 Å². The largest absolute Gasteiger partial charge is 0.274 e. The van der Waals surface area contributed by atoms with E-state index in [0.717, 1.165) is 11.1 Å². The van der Waals surface area contributed by atoms with Crippen LogP contribution in [0.3, 0.4) is 0 Å². The van der Waals surface area contributed by atoms with E-state index in [0.29, 0.717) is 18.7 Å². The fourth-order valence-electron chi connectivity index (χ4n) is 2.60. The Labute approximate surface area is 111 Å². The molecule has 0 N–H and O–H groups in total. The van der Waals surface area contributed by atoms with Crippen molar-refractivity contribution in [2.24, 2.45) is 10.2 Å². The Kier molecular flexibility index (Phi) is 2.52. The summed E-state index contributed by atoms with van der Waals surface area (Å²) in [6.07, 6.45) is 0.682. The Morgan fingerprint density at radius 1 is 1.21 bits per heavy atom. The molecule has 1 spiro atoms. The molecule has 2 aliphatic rings. The maximum atomic E-state index is 12.5. The van der Waals surface area contributed by atoms with Crippen LogP contribution in [0.1, 0.15) is 24.0 Å². The molecule has 1 aromatic carbocycles. The summed E-state index contributed by atoms with van der Waals surface area (Å²) in [6, 6.07) is 5.60. The Bertz CT molecular complexity index is 609. The highest BCUT2D eigenvalue weighted by atomic mass is 16.2. The summed E-state index contributed by atoms with van der Waals surface area (Å²) in [7, 11) is 0. The van der Waals surface area contributed by atoms with E-state index in [1.54, 1.807) is 0 Å². The molecule has 1 atom stereocenters. The van der Waals surface area contributed by atoms with Crippen LogP contribution in [0, 0.1) is 13.8 Å². The predicted octanol–water partition coefficient (Wildman–Crippen LogP) is 2.16. The van der Waals surface area contributed by atoms with Crippen LogP contribution in [0.25, 0.3) is 0 Å². The number of hydrogen-bond donors (Lipinski definition) is 0. The molecule has 0 unspecified atom stereocenters. The molecular formula is C14H15N3O2. The molecule has 2 aliphatic heterocycles. The summed E-state index contributed by atoms with van der Waals surface area (Å²) < 4.78 is 0. The molecule has 0 aromatic heterocycles. The number of carbonyl (C=O) groups is 2. The van der Waals surface area contributed by atoms with Crippen LogP contribution in [-0.4, -0.2) is 23.9 Å². The summed E-state index contributed by atoms with van der Waals surface area (Å²) in [5, 5.41) is 7.92. The van der Waals surface area contributed by atoms with Crippen molar-refractivity contribution in [1.29, 1.82) is 0 Å². The molecule has 2 heterocycles. The molecule has 0 saturated carbocycles. The number of imide groups is 1. The third kappa shape index (κ3) is 1.69. The van der Waals surface area contributed by atoms with E-state index in [1.807, 2.05) is 32.0 Å². The van der Waals surface area contributed by atoms with Gasteiger partial charge in [0.1, 0.15) is 0 Å². The van der Waals surface area contributed by atoms with Gasteiger partial charge in [0.2, 0.25) is 5.91 Å². The van der Waals surface area contributed by atoms with Crippen molar-refractivity contribution in [2.75, 3.05) is 11.4 Å². The summed E-state index contributed by atoms with van der Waals surface area (Å²) in [4.78, 5) is 25.9. The zero-order valence-electron chi connectivity index (χ0n) is 11.0. The average Bonchev–Trinajstić information content (AvgIpc) is 2.91. The SMILES string of the molecule is Cc1ccc(N2C(=O)C[C@]3(CCN=N3)C2=O)cc1C. The smallest absolute Gasteiger partial charge is 0.264 e. The summed E-state index contributed by atoms with van der Waals surface area (Å²) in [5.74, 6) is -0.420. The number of nitrogens with zero attached hydrogens (tertiary/aromatic N) is 3. The van der Waals surface area contributed by atoms with Crippen molar-refractivity contribution < 1.29 is 9.59 Å². The Balaban J connectivity index is 2.01. The fourth-order valence-corrected chi connectivity index (χ4v) is 2.60. The monoisotopic (exact) mass is 257 g/mol. The van der Waals surface area contributed by atoms with E-state index in [-0.39, 0.29) is 18.2 Å². The van der Waals surface area contributed by atoms with Crippen LogP contribution >= 0.6 is 0 Å². The first-order chi connectivity index (χ1) is 9.03. The van der Waals surface area contributed by atoms with Gasteiger partial charge in [-0.1, -0.05) is 6.07 Å². The fraction of sp³-hybridized carbons (Fsp3) is 0.429. The van der Waals surface area contributed by atoms with Crippen LogP contribution in [0.5, 0.6) is 0 Å². The Morgan fingerprint density at radius 3 is 2.63 bits per heavy atom. The molecule has 5 heteroatoms. The maximum Gasteiger partial charge on any atom is 0.264 e. The van der Waals surface area contributed by atoms with E-state index in [1.165, 1.54) is 4.90 Å². The lowest BCUT2D eigenvalue weighted by molar-refractivity contribution is -0.122. The van der Waals surface area contributed by atoms with E-state index >= 15 is 0 Å². The number of hydrogen-bond acceptors (Lipinski definition) is 4. The number of benzene rings is 1. The molecule has 1 fully saturated rings. The number of azo groups is 1. The lowest BCUT2D eigenvalue weighted by Crippen LogP contribution is -2.38. The predicted molar refractivity (Wildman–Crippen MR) is 70.1 cm³/mol. The minimum atomic E-state index is -0.921. The first-order valence-electron chi connectivity index (χ1n) is 6.37. The lowest BCUT2D eigenvalue weighted by atomic mass is 9.96. The number of rotatable bonds is 1. The van der Waals surface area contributed by atoms with Crippen molar-refractivity contribution in [3.63, 3.8) is 0 Å². The molecule has 0 radical (unpaired) electrons. The summed E-state index contributed by atoms with van der Waals surface area (Å²) in [6.45, 7) is 4.49. The topological polar surface area (TPSA) is 62.1 Å². The van der Waals surface area contributed by atoms with Crippen LogP contribution < -0.4 is 4.90 Å². The van der Waals surface area contributed by atoms with Gasteiger partial charge in [0, 0.05) is 6.42 Å². The number of carbonyl (C=O) groups excluding carboxylic acids is 2. The zero-order chi connectivity index (χ0) is 13.6. The van der Waals surface area contributed by atoms with Crippen molar-refractivity contribution in [2.45, 2.75) is 32.2 Å². The third-order valence-electron chi connectivity index (χ3n) is 3.93. The van der Waals surface area contributed by atoms with Gasteiger partial charge in [-0.05, 0) is 37.1 Å². The molecule has 0 aliphatic carbocycles. The second-order valence-electron chi connectivity index (χ2n) is 5.23. The highest BCUT2D eigenvalue weighted by Gasteiger charge is 2.54. The second-order valence-corrected chi connectivity index (χ2v) is 5.23. The van der Waals surface area contributed by atoms with Crippen LogP contribution in [0.4, 0.5) is 5.69 Å². The number of aryl methyl sites for hydroxylation is 2. The van der Waals surface area contributed by atoms with Crippen LogP contribution in [0.15, 0.2) is 28.4 Å². The Hall–Kier alpha value is -2.04. The zero-order valence-corrected chi connectivity index (χ0v) is 11.0. The van der Waals surface area contributed by atoms with E-state index in [2.05, 4.69) is 10.2 Å². The highest BCUT2D eigenvalue weighted by molar-refractivity contribution is 6.24. The molecular weight excluding hydrogens is 242 g/mol. The van der Waals surface area contributed by atoms with Crippen molar-refractivity contribution in [1.82, 2.24) is 0 Å². The van der Waals surface area contributed by atoms with Gasteiger partial charge in [0.25, 0.3) is 5.91 Å². The maximum absolute atomic E-state index is 12.5. The van der Waals surface area contributed by atoms with Gasteiger partial charge < -0.3 is 0 Å². The molecule has 1 aromatic rings. The molecule has 1 saturated heterocycles. The number of amides is 2. The van der Waals surface area contributed by atoms with E-state index < -0.39 is 5.54 Å². The van der Waals surface area contributed by atoms with Crippen LogP contribution in [-0.2, 0) is 9.59 Å². The summed E-state index contributed by atoms with van der Waals surface area (Å²) in [5.41, 5.74) is 1.91. The molecule has 3 rings (SSSR count). The van der Waals surface area contributed by atoms with Gasteiger partial charge >= 0.3 is 0 Å². The molecule has 5 nitrogen and oxygen atoms in total. The van der Waals surface area contributed by atoms with Gasteiger partial charge in [0.05, 0.1) is 18.7 Å². The first-order valence-corrected chi connectivity index (χ1v) is 6.37. The quantitative estimate of drug-likeness (QED) is 0.724. The van der Waals surface area contributed by atoms with Gasteiger partial charge in [-0.25, -0.2) is 4.90 Å². The van der Waals surface area contributed by atoms with Gasteiger partial charge in [0.15, 0.2) is 5.54 Å². The highest BCUT2D eigenvalue weighted by Crippen LogP contribution is 2.37. The Morgan fingerprint density at radius 2 is 2.00 bits per heavy atom. The van der Waals surface area contributed by atoms with E-state index in [4.69, 9.17) is 0 Å². The number of anilines is 1. The standard InChI is InChI=1S/C14H15N3O2/c1-9-3-4-11(7-10(9)2)17-12(18)8-14(13(17)19)5-6-15-16-14/h3-4,7H,5-6,8H2,1-2H3/t14-/m1/s1. The van der Waals surface area contributed by atoms with Gasteiger partial charge in [-0.15, -0.1) is 0 Å². The second kappa shape index (κ2) is 3.98. The van der Waals surface area contributed by atoms with Gasteiger partial charge in [-0.2, -0.15) is 10.2 Å². The third-order valence-corrected chi connectivity index (χ3v) is 3.93. The molecule has 0 bridgehead atoms. The lowest BCUT2D eigenvalue weighted by Gasteiger charge is -2.18. The van der Waals surface area contributed by atoms with E-state index in [9.17, 15) is 9.59 Å². The van der Waals surface area contributed by atoms with Crippen molar-refractivity contribution in [3.05, 3.63) is 29.3 Å². The minimum absolute atomic E-state index is 0.141. The van der Waals surface area contributed by atoms with Crippen molar-refractivity contribution in [3.8, 4) is 0 Å².